The maximum Gasteiger partial charge on any atom is 0.306 e. The normalized spacial score (nSPS) is 12.7. The number of unbranched alkanes of at least 4 members (excludes halogenated alkanes) is 28. The molecule has 0 aliphatic rings. The van der Waals surface area contributed by atoms with Crippen molar-refractivity contribution >= 4 is 17.9 Å². The number of hydrogen-bond donors (Lipinski definition) is 0. The first-order valence-corrected chi connectivity index (χ1v) is 27.7. The molecule has 0 spiro atoms. The van der Waals surface area contributed by atoms with Gasteiger partial charge in [0.05, 0.1) is 0 Å². The molecule has 0 bridgehead atoms. The van der Waals surface area contributed by atoms with Gasteiger partial charge in [0, 0.05) is 19.3 Å². The molecular weight excluding hydrogens is 817 g/mol. The fraction of sp³-hybridized carbons (Fsp3) is 0.717. The van der Waals surface area contributed by atoms with Crippen LogP contribution in [-0.2, 0) is 28.6 Å². The molecule has 0 aliphatic carbocycles. The third-order valence-electron chi connectivity index (χ3n) is 11.7. The van der Waals surface area contributed by atoms with Crippen LogP contribution in [0.4, 0.5) is 0 Å². The fourth-order valence-corrected chi connectivity index (χ4v) is 7.56. The zero-order valence-corrected chi connectivity index (χ0v) is 43.2. The van der Waals surface area contributed by atoms with Gasteiger partial charge in [-0.05, 0) is 89.9 Å². The van der Waals surface area contributed by atoms with Crippen LogP contribution in [-0.4, -0.2) is 37.2 Å². The van der Waals surface area contributed by atoms with Crippen LogP contribution in [0.5, 0.6) is 0 Å². The molecule has 0 saturated carbocycles. The lowest BCUT2D eigenvalue weighted by Crippen LogP contribution is -2.30. The lowest BCUT2D eigenvalue weighted by atomic mass is 10.1. The Bertz CT molecular complexity index is 1290. The molecule has 1 unspecified atom stereocenters. The highest BCUT2D eigenvalue weighted by Gasteiger charge is 2.19. The third kappa shape index (κ3) is 51.6. The number of ether oxygens (including phenoxy) is 3. The first-order chi connectivity index (χ1) is 32.5. The van der Waals surface area contributed by atoms with Crippen LogP contribution >= 0.6 is 0 Å². The van der Waals surface area contributed by atoms with Crippen molar-refractivity contribution in [2.24, 2.45) is 0 Å². The number of carbonyl (C=O) groups is 3. The molecule has 378 valence electrons. The summed E-state index contributed by atoms with van der Waals surface area (Å²) >= 11 is 0. The Hall–Kier alpha value is -3.41. The molecule has 0 aliphatic heterocycles. The maximum absolute atomic E-state index is 12.8. The summed E-state index contributed by atoms with van der Waals surface area (Å²) in [5.74, 6) is -0.949. The largest absolute Gasteiger partial charge is 0.462 e. The van der Waals surface area contributed by atoms with Gasteiger partial charge in [0.25, 0.3) is 0 Å². The van der Waals surface area contributed by atoms with Gasteiger partial charge in [0.1, 0.15) is 13.2 Å². The van der Waals surface area contributed by atoms with Crippen LogP contribution in [0.3, 0.4) is 0 Å². The lowest BCUT2D eigenvalue weighted by Gasteiger charge is -2.18. The summed E-state index contributed by atoms with van der Waals surface area (Å²) in [6.07, 6.45) is 69.9. The van der Waals surface area contributed by atoms with Crippen LogP contribution in [0.15, 0.2) is 85.1 Å². The minimum atomic E-state index is -0.802. The van der Waals surface area contributed by atoms with E-state index in [1.54, 1.807) is 0 Å². The van der Waals surface area contributed by atoms with Gasteiger partial charge in [-0.1, -0.05) is 234 Å². The highest BCUT2D eigenvalue weighted by molar-refractivity contribution is 5.71. The summed E-state index contributed by atoms with van der Waals surface area (Å²) in [5.41, 5.74) is 0. The van der Waals surface area contributed by atoms with Gasteiger partial charge >= 0.3 is 17.9 Å². The molecule has 6 nitrogen and oxygen atoms in total. The molecule has 0 aromatic carbocycles. The average molecular weight is 919 g/mol. The van der Waals surface area contributed by atoms with Crippen molar-refractivity contribution in [1.82, 2.24) is 0 Å². The average Bonchev–Trinajstić information content (AvgIpc) is 3.31. The maximum atomic E-state index is 12.8. The van der Waals surface area contributed by atoms with E-state index in [1.165, 1.54) is 122 Å². The Kier molecular flexibility index (Phi) is 51.4. The van der Waals surface area contributed by atoms with Gasteiger partial charge in [-0.2, -0.15) is 0 Å². The van der Waals surface area contributed by atoms with Crippen molar-refractivity contribution in [1.29, 1.82) is 0 Å². The second kappa shape index (κ2) is 54.2. The first-order valence-electron chi connectivity index (χ1n) is 27.7. The number of rotatable bonds is 49. The Morgan fingerprint density at radius 1 is 0.318 bits per heavy atom. The summed E-state index contributed by atoms with van der Waals surface area (Å²) in [6.45, 7) is 6.45. The molecule has 0 aromatic heterocycles. The molecule has 66 heavy (non-hydrogen) atoms. The molecule has 0 rings (SSSR count). The fourth-order valence-electron chi connectivity index (χ4n) is 7.56. The van der Waals surface area contributed by atoms with Gasteiger partial charge in [-0.3, -0.25) is 14.4 Å². The standard InChI is InChI=1S/C60H102O6/c1-4-7-10-13-16-19-22-25-28-30-33-35-38-41-44-47-50-53-59(62)65-56-57(55-64-58(61)52-49-46-43-40-37-34-31-27-24-21-18-15-12-9-6-3)66-60(63)54-51-48-45-42-39-36-32-29-26-23-20-17-14-11-8-5-2/h9,12,15,18,21,24-25,27-29,31-32,36,39,57H,4-8,10-11,13-14,16-17,19-20,22-23,26,30,33-35,37-38,40-56H2,1-3H3/b12-9-,18-15-,24-21-,28-25-,31-27-,32-29-,39-36-. The molecule has 0 radical (unpaired) electrons. The van der Waals surface area contributed by atoms with E-state index in [-0.39, 0.29) is 37.5 Å². The topological polar surface area (TPSA) is 78.9 Å². The molecule has 0 amide bonds. The molecule has 1 atom stereocenters. The van der Waals surface area contributed by atoms with E-state index >= 15 is 0 Å². The highest BCUT2D eigenvalue weighted by atomic mass is 16.6. The zero-order valence-electron chi connectivity index (χ0n) is 43.2. The molecule has 6 heteroatoms. The summed E-state index contributed by atoms with van der Waals surface area (Å²) < 4.78 is 16.8. The van der Waals surface area contributed by atoms with Gasteiger partial charge in [0.2, 0.25) is 0 Å². The second-order valence-electron chi connectivity index (χ2n) is 18.2. The van der Waals surface area contributed by atoms with E-state index in [0.29, 0.717) is 12.8 Å². The summed E-state index contributed by atoms with van der Waals surface area (Å²) in [7, 11) is 0. The zero-order chi connectivity index (χ0) is 47.9. The number of carbonyl (C=O) groups excluding carboxylic acids is 3. The quantitative estimate of drug-likeness (QED) is 0.0199. The van der Waals surface area contributed by atoms with E-state index in [4.69, 9.17) is 14.2 Å². The molecular formula is C60H102O6. The molecule has 0 heterocycles. The molecule has 0 saturated heterocycles. The minimum Gasteiger partial charge on any atom is -0.462 e. The Labute approximate surface area is 407 Å². The van der Waals surface area contributed by atoms with Crippen molar-refractivity contribution in [2.45, 2.75) is 264 Å². The molecule has 0 aromatic rings. The van der Waals surface area contributed by atoms with E-state index in [0.717, 1.165) is 96.3 Å². The first kappa shape index (κ1) is 62.6. The lowest BCUT2D eigenvalue weighted by molar-refractivity contribution is -0.167. The van der Waals surface area contributed by atoms with Crippen molar-refractivity contribution in [3.05, 3.63) is 85.1 Å². The molecule has 0 fully saturated rings. The Balaban J connectivity index is 4.47. The van der Waals surface area contributed by atoms with E-state index < -0.39 is 6.10 Å². The van der Waals surface area contributed by atoms with Crippen LogP contribution in [0.25, 0.3) is 0 Å². The van der Waals surface area contributed by atoms with Gasteiger partial charge in [-0.15, -0.1) is 0 Å². The monoisotopic (exact) mass is 919 g/mol. The third-order valence-corrected chi connectivity index (χ3v) is 11.7. The smallest absolute Gasteiger partial charge is 0.306 e. The van der Waals surface area contributed by atoms with Crippen LogP contribution in [0.2, 0.25) is 0 Å². The van der Waals surface area contributed by atoms with Gasteiger partial charge in [-0.25, -0.2) is 0 Å². The summed E-state index contributed by atoms with van der Waals surface area (Å²) in [6, 6.07) is 0. The van der Waals surface area contributed by atoms with E-state index in [9.17, 15) is 14.4 Å². The SMILES string of the molecule is CC\C=C/C=C\C=C/C=C\CCCCCCCC(=O)OCC(COC(=O)CCCCCCCCC/C=C\CCCCCCCC)OC(=O)CCCCC/C=C\C=C/CCCCCCCCC. The van der Waals surface area contributed by atoms with Crippen molar-refractivity contribution in [3.63, 3.8) is 0 Å². The number of allylic oxidation sites excluding steroid dienone is 14. The Morgan fingerprint density at radius 2 is 0.606 bits per heavy atom. The van der Waals surface area contributed by atoms with Crippen molar-refractivity contribution in [2.75, 3.05) is 13.2 Å². The Morgan fingerprint density at radius 3 is 1.00 bits per heavy atom. The minimum absolute atomic E-state index is 0.0975. The second-order valence-corrected chi connectivity index (χ2v) is 18.2. The predicted octanol–water partition coefficient (Wildman–Crippen LogP) is 18.4. The number of hydrogen-bond acceptors (Lipinski definition) is 6. The highest BCUT2D eigenvalue weighted by Crippen LogP contribution is 2.14. The van der Waals surface area contributed by atoms with Crippen LogP contribution in [0.1, 0.15) is 258 Å². The van der Waals surface area contributed by atoms with Crippen molar-refractivity contribution < 1.29 is 28.6 Å². The van der Waals surface area contributed by atoms with E-state index in [2.05, 4.69) is 87.6 Å². The predicted molar refractivity (Wildman–Crippen MR) is 284 cm³/mol. The van der Waals surface area contributed by atoms with Gasteiger partial charge < -0.3 is 14.2 Å². The van der Waals surface area contributed by atoms with Gasteiger partial charge in [0.15, 0.2) is 6.10 Å². The van der Waals surface area contributed by atoms with Crippen LogP contribution in [0, 0.1) is 0 Å². The summed E-state index contributed by atoms with van der Waals surface area (Å²) in [4.78, 5) is 38.1. The summed E-state index contributed by atoms with van der Waals surface area (Å²) in [5, 5.41) is 0. The van der Waals surface area contributed by atoms with Crippen molar-refractivity contribution in [3.8, 4) is 0 Å². The number of esters is 3. The molecule has 0 N–H and O–H groups in total. The van der Waals surface area contributed by atoms with Crippen LogP contribution < -0.4 is 0 Å². The van der Waals surface area contributed by atoms with E-state index in [1.807, 2.05) is 18.2 Å².